The maximum atomic E-state index is 14.4. The van der Waals surface area contributed by atoms with Gasteiger partial charge in [0.05, 0.1) is 11.9 Å². The minimum absolute atomic E-state index is 0.111. The summed E-state index contributed by atoms with van der Waals surface area (Å²) in [6, 6.07) is 11.9. The van der Waals surface area contributed by atoms with E-state index in [0.29, 0.717) is 6.42 Å². The molecule has 0 bridgehead atoms. The van der Waals surface area contributed by atoms with E-state index < -0.39 is 34.3 Å². The molecule has 2 aromatic rings. The number of benzene rings is 2. The lowest BCUT2D eigenvalue weighted by atomic mass is 10.1. The van der Waals surface area contributed by atoms with Gasteiger partial charge in [-0.15, -0.1) is 0 Å². The number of sulfonamides is 1. The summed E-state index contributed by atoms with van der Waals surface area (Å²) in [6.07, 6.45) is 1.25. The molecule has 0 aromatic heterocycles. The van der Waals surface area contributed by atoms with Gasteiger partial charge in [-0.3, -0.25) is 13.9 Å². The molecule has 0 radical (unpaired) electrons. The minimum Gasteiger partial charge on any atom is -0.352 e. The van der Waals surface area contributed by atoms with Gasteiger partial charge < -0.3 is 10.2 Å². The van der Waals surface area contributed by atoms with E-state index in [9.17, 15) is 22.4 Å². The lowest BCUT2D eigenvalue weighted by Gasteiger charge is -2.33. The van der Waals surface area contributed by atoms with Crippen LogP contribution in [0.25, 0.3) is 0 Å². The van der Waals surface area contributed by atoms with Gasteiger partial charge in [0.1, 0.15) is 18.4 Å². The zero-order valence-corrected chi connectivity index (χ0v) is 20.5. The maximum absolute atomic E-state index is 14.4. The topological polar surface area (TPSA) is 86.8 Å². The Hall–Kier alpha value is -2.94. The molecule has 180 valence electrons. The van der Waals surface area contributed by atoms with Gasteiger partial charge >= 0.3 is 0 Å². The Morgan fingerprint density at radius 1 is 1.09 bits per heavy atom. The number of nitrogens with zero attached hydrogens (tertiary/aromatic N) is 2. The van der Waals surface area contributed by atoms with Crippen LogP contribution in [0.5, 0.6) is 0 Å². The first-order valence-corrected chi connectivity index (χ1v) is 12.7. The average Bonchev–Trinajstić information content (AvgIpc) is 2.71. The van der Waals surface area contributed by atoms with Crippen molar-refractivity contribution in [1.29, 1.82) is 0 Å². The largest absolute Gasteiger partial charge is 0.352 e. The molecule has 33 heavy (non-hydrogen) atoms. The number of carbonyl (C=O) groups excluding carboxylic acids is 2. The Morgan fingerprint density at radius 3 is 2.30 bits per heavy atom. The van der Waals surface area contributed by atoms with E-state index in [2.05, 4.69) is 5.32 Å². The Kier molecular flexibility index (Phi) is 8.99. The lowest BCUT2D eigenvalue weighted by Crippen LogP contribution is -2.53. The van der Waals surface area contributed by atoms with E-state index in [-0.39, 0.29) is 24.2 Å². The van der Waals surface area contributed by atoms with E-state index in [0.717, 1.165) is 27.8 Å². The van der Waals surface area contributed by atoms with Crippen LogP contribution in [-0.2, 0) is 26.2 Å². The summed E-state index contributed by atoms with van der Waals surface area (Å²) in [7, 11) is -3.98. The molecule has 0 fully saturated rings. The highest BCUT2D eigenvalue weighted by atomic mass is 32.2. The molecule has 1 unspecified atom stereocenters. The van der Waals surface area contributed by atoms with Crippen molar-refractivity contribution >= 4 is 27.5 Å². The normalized spacial score (nSPS) is 12.3. The number of nitrogens with one attached hydrogen (secondary N) is 1. The monoisotopic (exact) mass is 477 g/mol. The van der Waals surface area contributed by atoms with Crippen molar-refractivity contribution in [1.82, 2.24) is 10.2 Å². The number of anilines is 1. The number of hydrogen-bond acceptors (Lipinski definition) is 4. The molecule has 1 atom stereocenters. The van der Waals surface area contributed by atoms with Crippen LogP contribution in [0.15, 0.2) is 48.5 Å². The maximum Gasteiger partial charge on any atom is 0.244 e. The SMILES string of the molecule is CCC(C(=O)NC(C)C)N(Cc1cccc(C)c1)C(=O)CN(c1ccccc1F)S(C)(=O)=O. The summed E-state index contributed by atoms with van der Waals surface area (Å²) in [5.74, 6) is -1.69. The molecule has 0 saturated carbocycles. The molecule has 0 aliphatic heterocycles. The molecular formula is C24H32FN3O4S. The molecular weight excluding hydrogens is 445 g/mol. The molecule has 0 spiro atoms. The molecule has 2 rings (SSSR count). The minimum atomic E-state index is -3.98. The molecule has 2 aromatic carbocycles. The first kappa shape index (κ1) is 26.3. The molecule has 0 aliphatic rings. The van der Waals surface area contributed by atoms with Gasteiger partial charge in [-0.05, 0) is 44.9 Å². The first-order valence-electron chi connectivity index (χ1n) is 10.8. The fourth-order valence-corrected chi connectivity index (χ4v) is 4.41. The van der Waals surface area contributed by atoms with Crippen molar-refractivity contribution in [2.45, 2.75) is 52.7 Å². The van der Waals surface area contributed by atoms with Gasteiger partial charge in [0.25, 0.3) is 0 Å². The van der Waals surface area contributed by atoms with Gasteiger partial charge in [-0.1, -0.05) is 48.9 Å². The molecule has 0 saturated heterocycles. The summed E-state index contributed by atoms with van der Waals surface area (Å²) < 4.78 is 40.1. The third kappa shape index (κ3) is 7.28. The van der Waals surface area contributed by atoms with Gasteiger partial charge in [0.2, 0.25) is 21.8 Å². The number of halogens is 1. The Labute approximate surface area is 195 Å². The zero-order valence-electron chi connectivity index (χ0n) is 19.7. The Bertz CT molecular complexity index is 1090. The van der Waals surface area contributed by atoms with Crippen molar-refractivity contribution in [3.05, 3.63) is 65.5 Å². The molecule has 2 amide bonds. The second kappa shape index (κ2) is 11.3. The predicted octanol–water partition coefficient (Wildman–Crippen LogP) is 3.23. The number of rotatable bonds is 10. The standard InChI is InChI=1S/C24H32FN3O4S/c1-6-21(24(30)26-17(2)3)27(15-19-11-9-10-18(4)14-19)23(29)16-28(33(5,31)32)22-13-8-7-12-20(22)25/h7-14,17,21H,6,15-16H2,1-5H3,(H,26,30). The second-order valence-electron chi connectivity index (χ2n) is 8.32. The van der Waals surface area contributed by atoms with E-state index in [1.54, 1.807) is 6.92 Å². The second-order valence-corrected chi connectivity index (χ2v) is 10.2. The number of hydrogen-bond donors (Lipinski definition) is 1. The van der Waals surface area contributed by atoms with Crippen molar-refractivity contribution in [2.24, 2.45) is 0 Å². The first-order chi connectivity index (χ1) is 15.4. The zero-order chi connectivity index (χ0) is 24.8. The van der Waals surface area contributed by atoms with Crippen molar-refractivity contribution < 1.29 is 22.4 Å². The number of amides is 2. The van der Waals surface area contributed by atoms with E-state index in [1.165, 1.54) is 23.1 Å². The van der Waals surface area contributed by atoms with Crippen LogP contribution in [0.1, 0.15) is 38.3 Å². The van der Waals surface area contributed by atoms with Gasteiger partial charge in [0.15, 0.2) is 0 Å². The molecule has 7 nitrogen and oxygen atoms in total. The van der Waals surface area contributed by atoms with Gasteiger partial charge in [-0.2, -0.15) is 0 Å². The molecule has 9 heteroatoms. The number of aryl methyl sites for hydroxylation is 1. The van der Waals surface area contributed by atoms with Crippen LogP contribution in [0.3, 0.4) is 0 Å². The van der Waals surface area contributed by atoms with Crippen molar-refractivity contribution in [2.75, 3.05) is 17.1 Å². The van der Waals surface area contributed by atoms with Crippen LogP contribution < -0.4 is 9.62 Å². The van der Waals surface area contributed by atoms with Crippen LogP contribution in [0, 0.1) is 12.7 Å². The van der Waals surface area contributed by atoms with Crippen LogP contribution >= 0.6 is 0 Å². The Morgan fingerprint density at radius 2 is 1.76 bits per heavy atom. The van der Waals surface area contributed by atoms with Crippen LogP contribution in [0.4, 0.5) is 10.1 Å². The van der Waals surface area contributed by atoms with E-state index in [4.69, 9.17) is 0 Å². The summed E-state index contributed by atoms with van der Waals surface area (Å²) >= 11 is 0. The fourth-order valence-electron chi connectivity index (χ4n) is 3.56. The molecule has 0 aliphatic carbocycles. The third-order valence-corrected chi connectivity index (χ3v) is 6.18. The van der Waals surface area contributed by atoms with Crippen molar-refractivity contribution in [3.8, 4) is 0 Å². The predicted molar refractivity (Wildman–Crippen MR) is 128 cm³/mol. The highest BCUT2D eigenvalue weighted by Gasteiger charge is 2.32. The van der Waals surface area contributed by atoms with E-state index in [1.807, 2.05) is 45.0 Å². The smallest absolute Gasteiger partial charge is 0.244 e. The van der Waals surface area contributed by atoms with Crippen LogP contribution in [-0.4, -0.2) is 50.0 Å². The molecule has 1 N–H and O–H groups in total. The summed E-state index contributed by atoms with van der Waals surface area (Å²) in [5.41, 5.74) is 1.57. The van der Waals surface area contributed by atoms with E-state index >= 15 is 0 Å². The summed E-state index contributed by atoms with van der Waals surface area (Å²) in [4.78, 5) is 27.7. The van der Waals surface area contributed by atoms with Gasteiger partial charge in [0, 0.05) is 12.6 Å². The number of para-hydroxylation sites is 1. The highest BCUT2D eigenvalue weighted by molar-refractivity contribution is 7.92. The highest BCUT2D eigenvalue weighted by Crippen LogP contribution is 2.22. The fraction of sp³-hybridized carbons (Fsp3) is 0.417. The lowest BCUT2D eigenvalue weighted by molar-refractivity contribution is -0.140. The third-order valence-electron chi connectivity index (χ3n) is 5.05. The Balaban J connectivity index is 2.46. The van der Waals surface area contributed by atoms with Gasteiger partial charge in [-0.25, -0.2) is 12.8 Å². The van der Waals surface area contributed by atoms with Crippen molar-refractivity contribution in [3.63, 3.8) is 0 Å². The van der Waals surface area contributed by atoms with Crippen LogP contribution in [0.2, 0.25) is 0 Å². The quantitative estimate of drug-likeness (QED) is 0.569. The summed E-state index contributed by atoms with van der Waals surface area (Å²) in [6.45, 7) is 6.83. The number of carbonyl (C=O) groups is 2. The summed E-state index contributed by atoms with van der Waals surface area (Å²) in [5, 5.41) is 2.83. The average molecular weight is 478 g/mol. The molecule has 0 heterocycles.